The number of benzene rings is 2. The van der Waals surface area contributed by atoms with Crippen molar-refractivity contribution >= 4 is 23.1 Å². The van der Waals surface area contributed by atoms with E-state index in [0.29, 0.717) is 22.8 Å². The number of pyridine rings is 1. The zero-order valence-corrected chi connectivity index (χ0v) is 17.6. The van der Waals surface area contributed by atoms with Crippen LogP contribution in [-0.2, 0) is 7.05 Å². The van der Waals surface area contributed by atoms with Gasteiger partial charge in [0, 0.05) is 41.8 Å². The topological polar surface area (TPSA) is 81.1 Å². The van der Waals surface area contributed by atoms with Crippen LogP contribution >= 0.6 is 0 Å². The van der Waals surface area contributed by atoms with Crippen LogP contribution < -0.4 is 15.4 Å². The summed E-state index contributed by atoms with van der Waals surface area (Å²) in [6, 6.07) is 16.8. The SMILES string of the molecule is COc1ccc(C(=O)Nc2cc(-c3cnn(C)c3)cnc2Nc2ccccc2C)cc1. The lowest BCUT2D eigenvalue weighted by atomic mass is 10.1. The maximum atomic E-state index is 12.9. The number of nitrogens with zero attached hydrogens (tertiary/aromatic N) is 3. The lowest BCUT2D eigenvalue weighted by Gasteiger charge is -2.15. The van der Waals surface area contributed by atoms with Crippen LogP contribution in [0.5, 0.6) is 5.75 Å². The molecule has 2 heterocycles. The van der Waals surface area contributed by atoms with E-state index in [1.54, 1.807) is 48.5 Å². The van der Waals surface area contributed by atoms with Crippen LogP contribution in [0.1, 0.15) is 15.9 Å². The number of para-hydroxylation sites is 1. The molecule has 0 radical (unpaired) electrons. The van der Waals surface area contributed by atoms with Crippen molar-refractivity contribution in [3.63, 3.8) is 0 Å². The van der Waals surface area contributed by atoms with Crippen molar-refractivity contribution in [2.45, 2.75) is 6.92 Å². The van der Waals surface area contributed by atoms with Gasteiger partial charge in [-0.3, -0.25) is 9.48 Å². The molecule has 1 amide bonds. The number of carbonyl (C=O) groups excluding carboxylic acids is 1. The van der Waals surface area contributed by atoms with Crippen molar-refractivity contribution in [3.8, 4) is 16.9 Å². The summed E-state index contributed by atoms with van der Waals surface area (Å²) in [6.07, 6.45) is 5.43. The number of hydrogen-bond acceptors (Lipinski definition) is 5. The minimum Gasteiger partial charge on any atom is -0.497 e. The van der Waals surface area contributed by atoms with Crippen molar-refractivity contribution in [2.24, 2.45) is 7.05 Å². The van der Waals surface area contributed by atoms with Crippen molar-refractivity contribution < 1.29 is 9.53 Å². The number of aryl methyl sites for hydroxylation is 2. The lowest BCUT2D eigenvalue weighted by Crippen LogP contribution is -2.14. The minimum atomic E-state index is -0.236. The van der Waals surface area contributed by atoms with E-state index in [1.165, 1.54) is 0 Å². The van der Waals surface area contributed by atoms with E-state index in [-0.39, 0.29) is 5.91 Å². The Bertz CT molecular complexity index is 1210. The Morgan fingerprint density at radius 1 is 1.00 bits per heavy atom. The van der Waals surface area contributed by atoms with Crippen LogP contribution in [0, 0.1) is 6.92 Å². The standard InChI is InChI=1S/C24H23N5O2/c1-16-6-4-5-7-21(16)27-23-22(12-18(13-25-23)19-14-26-29(2)15-19)28-24(30)17-8-10-20(31-3)11-9-17/h4-15H,1-3H3,(H,25,27)(H,28,30). The number of rotatable bonds is 6. The van der Waals surface area contributed by atoms with Crippen LogP contribution in [0.4, 0.5) is 17.2 Å². The first-order valence-corrected chi connectivity index (χ1v) is 9.80. The third kappa shape index (κ3) is 4.56. The molecule has 7 nitrogen and oxygen atoms in total. The first-order valence-electron chi connectivity index (χ1n) is 9.80. The van der Waals surface area contributed by atoms with Gasteiger partial charge in [0.05, 0.1) is 19.0 Å². The summed E-state index contributed by atoms with van der Waals surface area (Å²) in [7, 11) is 3.45. The maximum absolute atomic E-state index is 12.9. The van der Waals surface area contributed by atoms with Gasteiger partial charge in [0.25, 0.3) is 5.91 Å². The molecule has 0 aliphatic rings. The van der Waals surface area contributed by atoms with Gasteiger partial charge in [-0.1, -0.05) is 18.2 Å². The molecule has 156 valence electrons. The number of anilines is 3. The summed E-state index contributed by atoms with van der Waals surface area (Å²) >= 11 is 0. The minimum absolute atomic E-state index is 0.236. The Balaban J connectivity index is 1.69. The predicted molar refractivity (Wildman–Crippen MR) is 122 cm³/mol. The van der Waals surface area contributed by atoms with Crippen molar-refractivity contribution in [3.05, 3.63) is 84.3 Å². The molecule has 2 aromatic carbocycles. The quantitative estimate of drug-likeness (QED) is 0.475. The van der Waals surface area contributed by atoms with Crippen molar-refractivity contribution in [1.29, 1.82) is 0 Å². The Morgan fingerprint density at radius 2 is 1.77 bits per heavy atom. The van der Waals surface area contributed by atoms with Crippen LogP contribution in [0.25, 0.3) is 11.1 Å². The van der Waals surface area contributed by atoms with Crippen LogP contribution in [0.15, 0.2) is 73.2 Å². The van der Waals surface area contributed by atoms with Gasteiger partial charge in [0.15, 0.2) is 5.82 Å². The lowest BCUT2D eigenvalue weighted by molar-refractivity contribution is 0.102. The molecule has 0 unspecified atom stereocenters. The molecule has 2 aromatic heterocycles. The number of nitrogens with one attached hydrogen (secondary N) is 2. The summed E-state index contributed by atoms with van der Waals surface area (Å²) in [6.45, 7) is 2.02. The highest BCUT2D eigenvalue weighted by atomic mass is 16.5. The zero-order chi connectivity index (χ0) is 21.8. The molecule has 0 fully saturated rings. The molecule has 0 saturated heterocycles. The molecule has 0 atom stereocenters. The van der Waals surface area contributed by atoms with Gasteiger partial charge in [-0.15, -0.1) is 0 Å². The molecule has 4 rings (SSSR count). The zero-order valence-electron chi connectivity index (χ0n) is 17.6. The number of carbonyl (C=O) groups is 1. The summed E-state index contributed by atoms with van der Waals surface area (Å²) in [5.74, 6) is 1.02. The van der Waals surface area contributed by atoms with Crippen molar-refractivity contribution in [1.82, 2.24) is 14.8 Å². The summed E-state index contributed by atoms with van der Waals surface area (Å²) in [5, 5.41) is 10.5. The van der Waals surface area contributed by atoms with E-state index in [2.05, 4.69) is 20.7 Å². The molecular weight excluding hydrogens is 390 g/mol. The summed E-state index contributed by atoms with van der Waals surface area (Å²) < 4.78 is 6.90. The van der Waals surface area contributed by atoms with Crippen LogP contribution in [0.3, 0.4) is 0 Å². The van der Waals surface area contributed by atoms with Crippen molar-refractivity contribution in [2.75, 3.05) is 17.7 Å². The second kappa shape index (κ2) is 8.71. The van der Waals surface area contributed by atoms with E-state index in [4.69, 9.17) is 4.74 Å². The van der Waals surface area contributed by atoms with E-state index < -0.39 is 0 Å². The van der Waals surface area contributed by atoms with E-state index in [0.717, 1.165) is 22.4 Å². The van der Waals surface area contributed by atoms with Gasteiger partial charge in [0.1, 0.15) is 5.75 Å². The monoisotopic (exact) mass is 413 g/mol. The Hall–Kier alpha value is -4.13. The molecule has 4 aromatic rings. The number of aromatic nitrogens is 3. The third-order valence-corrected chi connectivity index (χ3v) is 4.92. The fourth-order valence-corrected chi connectivity index (χ4v) is 3.17. The molecule has 0 aliphatic carbocycles. The fourth-order valence-electron chi connectivity index (χ4n) is 3.17. The van der Waals surface area contributed by atoms with Gasteiger partial charge < -0.3 is 15.4 Å². The van der Waals surface area contributed by atoms with E-state index in [9.17, 15) is 4.79 Å². The van der Waals surface area contributed by atoms with E-state index >= 15 is 0 Å². The first kappa shape index (κ1) is 20.2. The summed E-state index contributed by atoms with van der Waals surface area (Å²) in [5.41, 5.74) is 4.86. The predicted octanol–water partition coefficient (Wildman–Crippen LogP) is 4.80. The average Bonchev–Trinajstić information content (AvgIpc) is 3.22. The average molecular weight is 413 g/mol. The van der Waals surface area contributed by atoms with Gasteiger partial charge in [-0.25, -0.2) is 4.98 Å². The maximum Gasteiger partial charge on any atom is 0.255 e. The van der Waals surface area contributed by atoms with Crippen LogP contribution in [-0.4, -0.2) is 27.8 Å². The highest BCUT2D eigenvalue weighted by molar-refractivity contribution is 6.06. The third-order valence-electron chi connectivity index (χ3n) is 4.92. The molecule has 0 bridgehead atoms. The normalized spacial score (nSPS) is 10.5. The molecule has 7 heteroatoms. The van der Waals surface area contributed by atoms with Gasteiger partial charge in [-0.05, 0) is 48.9 Å². The number of ether oxygens (including phenoxy) is 1. The fraction of sp³-hybridized carbons (Fsp3) is 0.125. The smallest absolute Gasteiger partial charge is 0.255 e. The Labute approximate surface area is 180 Å². The second-order valence-corrected chi connectivity index (χ2v) is 7.15. The molecule has 31 heavy (non-hydrogen) atoms. The Morgan fingerprint density at radius 3 is 2.45 bits per heavy atom. The van der Waals surface area contributed by atoms with Gasteiger partial charge in [-0.2, -0.15) is 5.10 Å². The Kier molecular flexibility index (Phi) is 5.66. The van der Waals surface area contributed by atoms with E-state index in [1.807, 2.05) is 50.5 Å². The number of methoxy groups -OCH3 is 1. The molecule has 0 spiro atoms. The highest BCUT2D eigenvalue weighted by Crippen LogP contribution is 2.30. The first-order chi connectivity index (χ1) is 15.0. The molecule has 0 aliphatic heterocycles. The van der Waals surface area contributed by atoms with Crippen LogP contribution in [0.2, 0.25) is 0 Å². The highest BCUT2D eigenvalue weighted by Gasteiger charge is 2.14. The second-order valence-electron chi connectivity index (χ2n) is 7.15. The summed E-state index contributed by atoms with van der Waals surface area (Å²) in [4.78, 5) is 17.5. The number of amides is 1. The van der Waals surface area contributed by atoms with Gasteiger partial charge >= 0.3 is 0 Å². The molecular formula is C24H23N5O2. The molecule has 0 saturated carbocycles. The molecule has 2 N–H and O–H groups in total. The number of hydrogen-bond donors (Lipinski definition) is 2. The largest absolute Gasteiger partial charge is 0.497 e. The van der Waals surface area contributed by atoms with Gasteiger partial charge in [0.2, 0.25) is 0 Å².